The number of aromatic nitrogens is 1. The average molecular weight is 502 g/mol. The van der Waals surface area contributed by atoms with E-state index in [1.807, 2.05) is 48.2 Å². The quantitative estimate of drug-likeness (QED) is 0.450. The van der Waals surface area contributed by atoms with Crippen LogP contribution >= 0.6 is 0 Å². The Labute approximate surface area is 215 Å². The van der Waals surface area contributed by atoms with Gasteiger partial charge in [0, 0.05) is 19.3 Å². The fourth-order valence-electron chi connectivity index (χ4n) is 5.35. The molecule has 0 saturated carbocycles. The SMILES string of the molecule is CCCCOc1c2n(cc(C(=O)O)c1=O)C[C@H]1N(Cc3ccccc3)C[C@H](Cc3ccccc3)N1C2=O. The molecule has 1 aromatic heterocycles. The van der Waals surface area contributed by atoms with Crippen molar-refractivity contribution in [3.8, 4) is 5.75 Å². The minimum atomic E-state index is -1.33. The van der Waals surface area contributed by atoms with Gasteiger partial charge in [-0.15, -0.1) is 0 Å². The molecule has 2 aliphatic rings. The number of carbonyl (C=O) groups excluding carboxylic acids is 1. The summed E-state index contributed by atoms with van der Waals surface area (Å²) < 4.78 is 7.41. The van der Waals surface area contributed by atoms with E-state index in [-0.39, 0.29) is 41.7 Å². The molecule has 3 aromatic rings. The number of carboxylic acids is 1. The summed E-state index contributed by atoms with van der Waals surface area (Å²) in [5.41, 5.74) is 1.27. The number of fused-ring (bicyclic) bond motifs is 2. The highest BCUT2D eigenvalue weighted by atomic mass is 16.5. The Morgan fingerprint density at radius 1 is 1.00 bits per heavy atom. The van der Waals surface area contributed by atoms with Crippen molar-refractivity contribution in [1.82, 2.24) is 14.4 Å². The van der Waals surface area contributed by atoms with Gasteiger partial charge in [-0.1, -0.05) is 74.0 Å². The van der Waals surface area contributed by atoms with E-state index in [0.717, 1.165) is 17.5 Å². The van der Waals surface area contributed by atoms with Crippen LogP contribution in [-0.2, 0) is 19.5 Å². The fourth-order valence-corrected chi connectivity index (χ4v) is 5.35. The second-order valence-electron chi connectivity index (χ2n) is 9.66. The molecule has 2 aromatic carbocycles. The fraction of sp³-hybridized carbons (Fsp3) is 0.345. The second-order valence-corrected chi connectivity index (χ2v) is 9.66. The number of rotatable bonds is 9. The first kappa shape index (κ1) is 24.8. The summed E-state index contributed by atoms with van der Waals surface area (Å²) in [5.74, 6) is -1.78. The Hall–Kier alpha value is -3.91. The third-order valence-corrected chi connectivity index (χ3v) is 7.13. The number of benzene rings is 2. The molecular formula is C29H31N3O5. The average Bonchev–Trinajstić information content (AvgIpc) is 3.23. The molecule has 3 heterocycles. The largest absolute Gasteiger partial charge is 0.487 e. The lowest BCUT2D eigenvalue weighted by Crippen LogP contribution is -2.52. The van der Waals surface area contributed by atoms with Gasteiger partial charge in [0.25, 0.3) is 5.91 Å². The summed E-state index contributed by atoms with van der Waals surface area (Å²) in [7, 11) is 0. The number of amides is 1. The van der Waals surface area contributed by atoms with E-state index >= 15 is 0 Å². The number of unbranched alkanes of at least 4 members (excludes halogenated alkanes) is 1. The Bertz CT molecular complexity index is 1340. The first-order valence-electron chi connectivity index (χ1n) is 12.8. The van der Waals surface area contributed by atoms with Crippen molar-refractivity contribution in [2.45, 2.75) is 51.5 Å². The topological polar surface area (TPSA) is 92.1 Å². The maximum absolute atomic E-state index is 14.1. The van der Waals surface area contributed by atoms with Gasteiger partial charge >= 0.3 is 5.97 Å². The molecule has 0 spiro atoms. The summed E-state index contributed by atoms with van der Waals surface area (Å²) in [6.07, 6.45) is 3.24. The summed E-state index contributed by atoms with van der Waals surface area (Å²) in [6.45, 7) is 3.91. The second kappa shape index (κ2) is 10.6. The molecule has 2 aliphatic heterocycles. The molecule has 0 unspecified atom stereocenters. The molecule has 0 aliphatic carbocycles. The molecule has 1 saturated heterocycles. The number of nitrogens with zero attached hydrogens (tertiary/aromatic N) is 3. The molecule has 0 bridgehead atoms. The van der Waals surface area contributed by atoms with Crippen molar-refractivity contribution in [2.75, 3.05) is 13.2 Å². The summed E-state index contributed by atoms with van der Waals surface area (Å²) in [4.78, 5) is 43.2. The molecule has 192 valence electrons. The van der Waals surface area contributed by atoms with Gasteiger partial charge in [-0.05, 0) is 24.0 Å². The summed E-state index contributed by atoms with van der Waals surface area (Å²) in [5, 5.41) is 9.69. The van der Waals surface area contributed by atoms with Crippen molar-refractivity contribution in [3.63, 3.8) is 0 Å². The minimum Gasteiger partial charge on any atom is -0.487 e. The summed E-state index contributed by atoms with van der Waals surface area (Å²) >= 11 is 0. The third-order valence-electron chi connectivity index (χ3n) is 7.13. The molecule has 0 radical (unpaired) electrons. The predicted molar refractivity (Wildman–Crippen MR) is 139 cm³/mol. The first-order chi connectivity index (χ1) is 18.0. The molecule has 37 heavy (non-hydrogen) atoms. The zero-order chi connectivity index (χ0) is 25.9. The van der Waals surface area contributed by atoms with E-state index in [2.05, 4.69) is 29.2 Å². The number of hydrogen-bond acceptors (Lipinski definition) is 5. The van der Waals surface area contributed by atoms with Gasteiger partial charge in [-0.2, -0.15) is 0 Å². The maximum atomic E-state index is 14.1. The lowest BCUT2D eigenvalue weighted by molar-refractivity contribution is 0.0424. The van der Waals surface area contributed by atoms with Gasteiger partial charge in [-0.25, -0.2) is 4.79 Å². The molecular weight excluding hydrogens is 470 g/mol. The van der Waals surface area contributed by atoms with Gasteiger partial charge < -0.3 is 19.3 Å². The van der Waals surface area contributed by atoms with E-state index in [1.165, 1.54) is 6.20 Å². The molecule has 8 nitrogen and oxygen atoms in total. The smallest absolute Gasteiger partial charge is 0.341 e. The highest BCUT2D eigenvalue weighted by molar-refractivity contribution is 5.98. The number of carbonyl (C=O) groups is 2. The highest BCUT2D eigenvalue weighted by Crippen LogP contribution is 2.34. The third kappa shape index (κ3) is 4.89. The summed E-state index contributed by atoms with van der Waals surface area (Å²) in [6, 6.07) is 20.0. The molecule has 1 fully saturated rings. The lowest BCUT2D eigenvalue weighted by Gasteiger charge is -2.38. The predicted octanol–water partition coefficient (Wildman–Crippen LogP) is 3.63. The van der Waals surface area contributed by atoms with Crippen molar-refractivity contribution in [2.24, 2.45) is 0 Å². The molecule has 8 heteroatoms. The van der Waals surface area contributed by atoms with Crippen molar-refractivity contribution in [3.05, 3.63) is 99.5 Å². The van der Waals surface area contributed by atoms with Crippen molar-refractivity contribution in [1.29, 1.82) is 0 Å². The lowest BCUT2D eigenvalue weighted by atomic mass is 10.0. The number of pyridine rings is 1. The van der Waals surface area contributed by atoms with Gasteiger partial charge in [0.15, 0.2) is 11.4 Å². The first-order valence-corrected chi connectivity index (χ1v) is 12.8. The van der Waals surface area contributed by atoms with Crippen LogP contribution in [-0.4, -0.2) is 56.7 Å². The van der Waals surface area contributed by atoms with E-state index < -0.39 is 11.4 Å². The number of hydrogen-bond donors (Lipinski definition) is 1. The normalized spacial score (nSPS) is 18.9. The molecule has 2 atom stereocenters. The maximum Gasteiger partial charge on any atom is 0.341 e. The molecule has 1 amide bonds. The molecule has 1 N–H and O–H groups in total. The highest BCUT2D eigenvalue weighted by Gasteiger charge is 2.47. The van der Waals surface area contributed by atoms with Crippen LogP contribution in [0.1, 0.15) is 51.7 Å². The Balaban J connectivity index is 1.57. The monoisotopic (exact) mass is 501 g/mol. The Morgan fingerprint density at radius 2 is 1.68 bits per heavy atom. The van der Waals surface area contributed by atoms with Gasteiger partial charge in [-0.3, -0.25) is 14.5 Å². The van der Waals surface area contributed by atoms with Crippen LogP contribution in [0.25, 0.3) is 0 Å². The van der Waals surface area contributed by atoms with Crippen LogP contribution in [0.15, 0.2) is 71.7 Å². The van der Waals surface area contributed by atoms with Crippen LogP contribution in [0.4, 0.5) is 0 Å². The molecule has 5 rings (SSSR count). The Morgan fingerprint density at radius 3 is 2.32 bits per heavy atom. The number of aromatic carboxylic acids is 1. The van der Waals surface area contributed by atoms with Crippen LogP contribution in [0.5, 0.6) is 5.75 Å². The van der Waals surface area contributed by atoms with Crippen LogP contribution < -0.4 is 10.2 Å². The van der Waals surface area contributed by atoms with Crippen LogP contribution in [0.3, 0.4) is 0 Å². The van der Waals surface area contributed by atoms with Crippen molar-refractivity contribution < 1.29 is 19.4 Å². The van der Waals surface area contributed by atoms with Crippen LogP contribution in [0, 0.1) is 0 Å². The standard InChI is InChI=1S/C29H31N3O5/c1-2-3-14-37-27-25-28(34)32-22(15-20-10-6-4-7-11-20)17-30(16-21-12-8-5-9-13-21)24(32)19-31(25)18-23(26(27)33)29(35)36/h4-13,18,22,24H,2-3,14-17,19H2,1H3,(H,35,36)/t22-,24-/m0/s1. The van der Waals surface area contributed by atoms with Crippen LogP contribution in [0.2, 0.25) is 0 Å². The van der Waals surface area contributed by atoms with Gasteiger partial charge in [0.2, 0.25) is 5.43 Å². The number of ether oxygens (including phenoxy) is 1. The van der Waals surface area contributed by atoms with Gasteiger partial charge in [0.1, 0.15) is 11.7 Å². The Kier molecular flexibility index (Phi) is 7.10. The van der Waals surface area contributed by atoms with E-state index in [9.17, 15) is 19.5 Å². The van der Waals surface area contributed by atoms with E-state index in [0.29, 0.717) is 32.5 Å². The zero-order valence-corrected chi connectivity index (χ0v) is 20.9. The number of carboxylic acid groups (broad SMARTS) is 1. The van der Waals surface area contributed by atoms with E-state index in [4.69, 9.17) is 4.74 Å². The zero-order valence-electron chi connectivity index (χ0n) is 20.9. The van der Waals surface area contributed by atoms with E-state index in [1.54, 1.807) is 4.57 Å². The minimum absolute atomic E-state index is 0.102. The van der Waals surface area contributed by atoms with Gasteiger partial charge in [0.05, 0.1) is 19.2 Å². The van der Waals surface area contributed by atoms with Crippen molar-refractivity contribution >= 4 is 11.9 Å².